The maximum atomic E-state index is 8.14. The van der Waals surface area contributed by atoms with Gasteiger partial charge in [-0.05, 0) is 32.0 Å². The standard InChI is InChI=1S/C13H16N4/c1-3-17(4-2)13(14)10-5-6-11-12(9-10)16-8-7-15-11/h5-9,14H,3-4H2,1-2H3. The van der Waals surface area contributed by atoms with Crippen LogP contribution in [0.25, 0.3) is 11.0 Å². The summed E-state index contributed by atoms with van der Waals surface area (Å²) in [4.78, 5) is 10.5. The summed E-state index contributed by atoms with van der Waals surface area (Å²) in [7, 11) is 0. The molecular weight excluding hydrogens is 212 g/mol. The first-order valence-electron chi connectivity index (χ1n) is 5.81. The third-order valence-electron chi connectivity index (χ3n) is 2.82. The lowest BCUT2D eigenvalue weighted by Crippen LogP contribution is -2.30. The van der Waals surface area contributed by atoms with Crippen LogP contribution in [0.3, 0.4) is 0 Å². The van der Waals surface area contributed by atoms with Crippen molar-refractivity contribution in [1.82, 2.24) is 14.9 Å². The van der Waals surface area contributed by atoms with Crippen LogP contribution >= 0.6 is 0 Å². The van der Waals surface area contributed by atoms with Crippen molar-refractivity contribution < 1.29 is 0 Å². The van der Waals surface area contributed by atoms with Gasteiger partial charge in [0.15, 0.2) is 0 Å². The van der Waals surface area contributed by atoms with Crippen molar-refractivity contribution >= 4 is 16.9 Å². The molecule has 1 N–H and O–H groups in total. The van der Waals surface area contributed by atoms with Gasteiger partial charge < -0.3 is 4.90 Å². The van der Waals surface area contributed by atoms with E-state index in [9.17, 15) is 0 Å². The zero-order valence-electron chi connectivity index (χ0n) is 10.1. The normalized spacial score (nSPS) is 10.5. The number of nitrogens with zero attached hydrogens (tertiary/aromatic N) is 3. The molecule has 4 nitrogen and oxygen atoms in total. The molecule has 1 aromatic carbocycles. The lowest BCUT2D eigenvalue weighted by atomic mass is 10.1. The Kier molecular flexibility index (Phi) is 3.32. The molecule has 0 bridgehead atoms. The predicted octanol–water partition coefficient (Wildman–Crippen LogP) is 2.30. The van der Waals surface area contributed by atoms with Gasteiger partial charge in [-0.3, -0.25) is 15.4 Å². The van der Waals surface area contributed by atoms with Gasteiger partial charge in [0.1, 0.15) is 5.84 Å². The summed E-state index contributed by atoms with van der Waals surface area (Å²) in [6, 6.07) is 5.76. The summed E-state index contributed by atoms with van der Waals surface area (Å²) in [5.74, 6) is 0.544. The summed E-state index contributed by atoms with van der Waals surface area (Å²) >= 11 is 0. The van der Waals surface area contributed by atoms with E-state index in [1.54, 1.807) is 12.4 Å². The molecule has 0 fully saturated rings. The van der Waals surface area contributed by atoms with Crippen LogP contribution in [0.1, 0.15) is 19.4 Å². The van der Waals surface area contributed by atoms with Crippen LogP contribution in [0.4, 0.5) is 0 Å². The number of aromatic nitrogens is 2. The number of amidine groups is 1. The third kappa shape index (κ3) is 2.25. The van der Waals surface area contributed by atoms with E-state index in [2.05, 4.69) is 23.8 Å². The van der Waals surface area contributed by atoms with Crippen LogP contribution in [0, 0.1) is 5.41 Å². The molecule has 0 radical (unpaired) electrons. The minimum Gasteiger partial charge on any atom is -0.357 e. The van der Waals surface area contributed by atoms with E-state index >= 15 is 0 Å². The van der Waals surface area contributed by atoms with Gasteiger partial charge in [0, 0.05) is 31.0 Å². The fourth-order valence-electron chi connectivity index (χ4n) is 1.83. The molecule has 0 aliphatic carbocycles. The van der Waals surface area contributed by atoms with Gasteiger partial charge in [0.05, 0.1) is 11.0 Å². The van der Waals surface area contributed by atoms with E-state index in [-0.39, 0.29) is 0 Å². The zero-order chi connectivity index (χ0) is 12.3. The van der Waals surface area contributed by atoms with Crippen molar-refractivity contribution in [2.75, 3.05) is 13.1 Å². The second kappa shape index (κ2) is 4.91. The number of hydrogen-bond acceptors (Lipinski definition) is 3. The molecule has 0 atom stereocenters. The first-order valence-corrected chi connectivity index (χ1v) is 5.81. The average Bonchev–Trinajstić information content (AvgIpc) is 2.39. The fraction of sp³-hybridized carbons (Fsp3) is 0.308. The summed E-state index contributed by atoms with van der Waals surface area (Å²) in [5, 5.41) is 8.14. The molecule has 4 heteroatoms. The molecule has 0 saturated carbocycles. The van der Waals surface area contributed by atoms with Crippen LogP contribution in [-0.2, 0) is 0 Å². The number of benzene rings is 1. The quantitative estimate of drug-likeness (QED) is 0.647. The Labute approximate surface area is 101 Å². The summed E-state index contributed by atoms with van der Waals surface area (Å²) in [6.07, 6.45) is 3.35. The van der Waals surface area contributed by atoms with E-state index < -0.39 is 0 Å². The average molecular weight is 228 g/mol. The smallest absolute Gasteiger partial charge is 0.128 e. The van der Waals surface area contributed by atoms with E-state index in [0.29, 0.717) is 5.84 Å². The first kappa shape index (κ1) is 11.5. The van der Waals surface area contributed by atoms with E-state index in [1.807, 2.05) is 23.1 Å². The molecule has 2 aromatic rings. The highest BCUT2D eigenvalue weighted by Gasteiger charge is 2.09. The van der Waals surface area contributed by atoms with Gasteiger partial charge in [-0.25, -0.2) is 0 Å². The van der Waals surface area contributed by atoms with Crippen LogP contribution < -0.4 is 0 Å². The molecule has 2 rings (SSSR count). The van der Waals surface area contributed by atoms with Crippen LogP contribution in [0.15, 0.2) is 30.6 Å². The van der Waals surface area contributed by atoms with Gasteiger partial charge in [-0.2, -0.15) is 0 Å². The van der Waals surface area contributed by atoms with Gasteiger partial charge in [0.2, 0.25) is 0 Å². The van der Waals surface area contributed by atoms with Gasteiger partial charge in [-0.1, -0.05) is 0 Å². The van der Waals surface area contributed by atoms with Gasteiger partial charge in [-0.15, -0.1) is 0 Å². The Balaban J connectivity index is 2.39. The Morgan fingerprint density at radius 1 is 1.12 bits per heavy atom. The Bertz CT molecular complexity index is 532. The van der Waals surface area contributed by atoms with E-state index in [1.165, 1.54) is 0 Å². The molecule has 88 valence electrons. The molecule has 0 aliphatic heterocycles. The zero-order valence-corrected chi connectivity index (χ0v) is 10.1. The van der Waals surface area contributed by atoms with Crippen molar-refractivity contribution in [3.8, 4) is 0 Å². The van der Waals surface area contributed by atoms with Crippen molar-refractivity contribution in [2.24, 2.45) is 0 Å². The topological polar surface area (TPSA) is 52.9 Å². The number of nitrogens with one attached hydrogen (secondary N) is 1. The Hall–Kier alpha value is -1.97. The van der Waals surface area contributed by atoms with Crippen LogP contribution in [-0.4, -0.2) is 33.8 Å². The Morgan fingerprint density at radius 3 is 2.41 bits per heavy atom. The minimum absolute atomic E-state index is 0.544. The largest absolute Gasteiger partial charge is 0.357 e. The molecule has 17 heavy (non-hydrogen) atoms. The first-order chi connectivity index (χ1) is 8.26. The molecule has 0 amide bonds. The fourth-order valence-corrected chi connectivity index (χ4v) is 1.83. The van der Waals surface area contributed by atoms with Crippen molar-refractivity contribution in [3.63, 3.8) is 0 Å². The highest BCUT2D eigenvalue weighted by molar-refractivity contribution is 5.98. The molecular formula is C13H16N4. The molecule has 1 heterocycles. The van der Waals surface area contributed by atoms with E-state index in [4.69, 9.17) is 5.41 Å². The molecule has 0 unspecified atom stereocenters. The lowest BCUT2D eigenvalue weighted by Gasteiger charge is -2.21. The maximum Gasteiger partial charge on any atom is 0.128 e. The second-order valence-corrected chi connectivity index (χ2v) is 3.78. The predicted molar refractivity (Wildman–Crippen MR) is 69.3 cm³/mol. The molecule has 0 spiro atoms. The van der Waals surface area contributed by atoms with Crippen LogP contribution in [0.5, 0.6) is 0 Å². The van der Waals surface area contributed by atoms with Gasteiger partial charge >= 0.3 is 0 Å². The second-order valence-electron chi connectivity index (χ2n) is 3.78. The summed E-state index contributed by atoms with van der Waals surface area (Å²) in [6.45, 7) is 5.79. The number of rotatable bonds is 3. The number of hydrogen-bond donors (Lipinski definition) is 1. The molecule has 0 saturated heterocycles. The SMILES string of the molecule is CCN(CC)C(=N)c1ccc2nccnc2c1. The van der Waals surface area contributed by atoms with Crippen molar-refractivity contribution in [3.05, 3.63) is 36.2 Å². The monoisotopic (exact) mass is 228 g/mol. The maximum absolute atomic E-state index is 8.14. The summed E-state index contributed by atoms with van der Waals surface area (Å²) < 4.78 is 0. The van der Waals surface area contributed by atoms with Gasteiger partial charge in [0.25, 0.3) is 0 Å². The minimum atomic E-state index is 0.544. The van der Waals surface area contributed by atoms with E-state index in [0.717, 1.165) is 29.7 Å². The summed E-state index contributed by atoms with van der Waals surface area (Å²) in [5.41, 5.74) is 2.59. The third-order valence-corrected chi connectivity index (χ3v) is 2.82. The lowest BCUT2D eigenvalue weighted by molar-refractivity contribution is 0.463. The highest BCUT2D eigenvalue weighted by Crippen LogP contribution is 2.12. The highest BCUT2D eigenvalue weighted by atomic mass is 15.2. The van der Waals surface area contributed by atoms with Crippen LogP contribution in [0.2, 0.25) is 0 Å². The molecule has 1 aromatic heterocycles. The van der Waals surface area contributed by atoms with Crippen molar-refractivity contribution in [2.45, 2.75) is 13.8 Å². The molecule has 0 aliphatic rings. The van der Waals surface area contributed by atoms with Crippen molar-refractivity contribution in [1.29, 1.82) is 5.41 Å². The Morgan fingerprint density at radius 2 is 1.76 bits per heavy atom. The number of fused-ring (bicyclic) bond motifs is 1.